The Hall–Kier alpha value is -8.41. The number of nitrogens with zero attached hydrogens (tertiary/aromatic N) is 5. The lowest BCUT2D eigenvalue weighted by molar-refractivity contribution is 1.07. The fraction of sp³-hybridized carbons (Fsp3) is 0. The Balaban J connectivity index is 0.986. The molecular weight excluding hydrogens is 755 g/mol. The first-order chi connectivity index (χ1) is 30.7. The third kappa shape index (κ3) is 5.32. The molecule has 0 saturated heterocycles. The molecule has 13 rings (SSSR count). The van der Waals surface area contributed by atoms with Crippen molar-refractivity contribution in [1.82, 2.24) is 24.1 Å². The zero-order valence-electron chi connectivity index (χ0n) is 33.4. The van der Waals surface area contributed by atoms with Crippen molar-refractivity contribution in [1.29, 1.82) is 0 Å². The number of rotatable bonds is 5. The van der Waals surface area contributed by atoms with E-state index in [0.717, 1.165) is 38.8 Å². The van der Waals surface area contributed by atoms with E-state index in [9.17, 15) is 0 Å². The second kappa shape index (κ2) is 13.6. The number of benzene rings is 10. The van der Waals surface area contributed by atoms with Crippen LogP contribution in [0.25, 0.3) is 121 Å². The molecule has 0 spiro atoms. The summed E-state index contributed by atoms with van der Waals surface area (Å²) >= 11 is 0. The topological polar surface area (TPSA) is 48.5 Å². The molecule has 0 aliphatic heterocycles. The van der Waals surface area contributed by atoms with Gasteiger partial charge in [-0.3, -0.25) is 0 Å². The van der Waals surface area contributed by atoms with Crippen LogP contribution in [0.4, 0.5) is 0 Å². The summed E-state index contributed by atoms with van der Waals surface area (Å²) in [5.74, 6) is 1.95. The standard InChI is InChI=1S/C57H35N5/c1-3-15-37(16-4-1)55-58-56(38-17-5-2-6-18-38)60-57(59-55)42-27-26-40-33-43(30-28-39(40)32-42)61-49-23-11-9-21-45(49)48-34-41-19-13-25-51(47(41)35-53(48)61)62-50-24-12-10-22-46(50)54-44-20-8-7-14-36(44)29-31-52(54)62/h1-35H. The van der Waals surface area contributed by atoms with Gasteiger partial charge in [0.25, 0.3) is 0 Å². The van der Waals surface area contributed by atoms with E-state index in [2.05, 4.69) is 161 Å². The minimum Gasteiger partial charge on any atom is -0.309 e. The van der Waals surface area contributed by atoms with Crippen LogP contribution in [0.15, 0.2) is 212 Å². The molecule has 0 bridgehead atoms. The third-order valence-corrected chi connectivity index (χ3v) is 12.5. The summed E-state index contributed by atoms with van der Waals surface area (Å²) in [6.45, 7) is 0. The van der Waals surface area contributed by atoms with E-state index in [1.807, 2.05) is 60.7 Å². The van der Waals surface area contributed by atoms with Crippen LogP contribution in [-0.4, -0.2) is 24.1 Å². The van der Waals surface area contributed by atoms with Crippen molar-refractivity contribution in [3.8, 4) is 45.5 Å². The van der Waals surface area contributed by atoms with Gasteiger partial charge in [-0.15, -0.1) is 0 Å². The predicted molar refractivity (Wildman–Crippen MR) is 257 cm³/mol. The Morgan fingerprint density at radius 3 is 1.61 bits per heavy atom. The van der Waals surface area contributed by atoms with Gasteiger partial charge >= 0.3 is 0 Å². The second-order valence-electron chi connectivity index (χ2n) is 16.0. The van der Waals surface area contributed by atoms with Crippen molar-refractivity contribution in [2.24, 2.45) is 0 Å². The zero-order chi connectivity index (χ0) is 40.7. The summed E-state index contributed by atoms with van der Waals surface area (Å²) in [5.41, 5.74) is 9.86. The Labute approximate surface area is 356 Å². The van der Waals surface area contributed by atoms with Crippen molar-refractivity contribution in [2.45, 2.75) is 0 Å². The van der Waals surface area contributed by atoms with Crippen LogP contribution in [0, 0.1) is 0 Å². The first-order valence-electron chi connectivity index (χ1n) is 21.0. The SMILES string of the molecule is c1ccc(-c2nc(-c3ccccc3)nc(-c3ccc4cc(-n5c6ccccc6c6cc7cccc(-n8c9ccccc9c9c%10ccccc%10ccc98)c7cc65)ccc4c3)n2)cc1. The molecule has 0 aliphatic carbocycles. The molecule has 3 aromatic heterocycles. The monoisotopic (exact) mass is 789 g/mol. The van der Waals surface area contributed by atoms with Gasteiger partial charge in [0.05, 0.1) is 27.8 Å². The summed E-state index contributed by atoms with van der Waals surface area (Å²) in [4.78, 5) is 14.9. The minimum absolute atomic E-state index is 0.644. The number of hydrogen-bond donors (Lipinski definition) is 0. The van der Waals surface area contributed by atoms with Gasteiger partial charge in [0.1, 0.15) is 0 Å². The van der Waals surface area contributed by atoms with E-state index >= 15 is 0 Å². The van der Waals surface area contributed by atoms with E-state index in [0.29, 0.717) is 17.5 Å². The van der Waals surface area contributed by atoms with Gasteiger partial charge in [-0.2, -0.15) is 0 Å². The lowest BCUT2D eigenvalue weighted by Gasteiger charge is -2.14. The molecule has 0 saturated carbocycles. The zero-order valence-corrected chi connectivity index (χ0v) is 33.4. The largest absolute Gasteiger partial charge is 0.309 e. The third-order valence-electron chi connectivity index (χ3n) is 12.5. The Bertz CT molecular complexity index is 3860. The van der Waals surface area contributed by atoms with Gasteiger partial charge in [-0.1, -0.05) is 158 Å². The normalized spacial score (nSPS) is 11.9. The molecule has 62 heavy (non-hydrogen) atoms. The highest BCUT2D eigenvalue weighted by Gasteiger charge is 2.19. The quantitative estimate of drug-likeness (QED) is 0.174. The summed E-state index contributed by atoms with van der Waals surface area (Å²) in [6, 6.07) is 75.9. The summed E-state index contributed by atoms with van der Waals surface area (Å²) < 4.78 is 4.89. The smallest absolute Gasteiger partial charge is 0.164 e. The van der Waals surface area contributed by atoms with E-state index in [1.54, 1.807) is 0 Å². The average molecular weight is 790 g/mol. The molecule has 10 aromatic carbocycles. The Kier molecular flexibility index (Phi) is 7.54. The molecule has 5 nitrogen and oxygen atoms in total. The van der Waals surface area contributed by atoms with Crippen molar-refractivity contribution in [3.05, 3.63) is 212 Å². The minimum atomic E-state index is 0.644. The molecule has 0 radical (unpaired) electrons. The molecule has 0 atom stereocenters. The molecule has 0 fully saturated rings. The van der Waals surface area contributed by atoms with E-state index in [1.165, 1.54) is 65.2 Å². The molecule has 13 aromatic rings. The van der Waals surface area contributed by atoms with Crippen molar-refractivity contribution < 1.29 is 0 Å². The molecule has 0 N–H and O–H groups in total. The van der Waals surface area contributed by atoms with Crippen molar-refractivity contribution in [2.75, 3.05) is 0 Å². The maximum absolute atomic E-state index is 5.00. The van der Waals surface area contributed by atoms with E-state index in [4.69, 9.17) is 15.0 Å². The van der Waals surface area contributed by atoms with Gasteiger partial charge in [-0.05, 0) is 81.5 Å². The van der Waals surface area contributed by atoms with Crippen LogP contribution in [0.2, 0.25) is 0 Å². The lowest BCUT2D eigenvalue weighted by Crippen LogP contribution is -2.00. The van der Waals surface area contributed by atoms with E-state index in [-0.39, 0.29) is 0 Å². The Morgan fingerprint density at radius 1 is 0.274 bits per heavy atom. The summed E-state index contributed by atoms with van der Waals surface area (Å²) in [5, 5.41) is 12.2. The fourth-order valence-corrected chi connectivity index (χ4v) is 9.65. The first kappa shape index (κ1) is 34.5. The summed E-state index contributed by atoms with van der Waals surface area (Å²) in [7, 11) is 0. The maximum Gasteiger partial charge on any atom is 0.164 e. The lowest BCUT2D eigenvalue weighted by atomic mass is 10.0. The average Bonchev–Trinajstić information content (AvgIpc) is 3.86. The number of aromatic nitrogens is 5. The number of para-hydroxylation sites is 2. The fourth-order valence-electron chi connectivity index (χ4n) is 9.65. The molecule has 0 amide bonds. The van der Waals surface area contributed by atoms with Crippen LogP contribution in [0.3, 0.4) is 0 Å². The van der Waals surface area contributed by atoms with Gasteiger partial charge in [0.15, 0.2) is 17.5 Å². The first-order valence-corrected chi connectivity index (χ1v) is 21.0. The predicted octanol–water partition coefficient (Wildman–Crippen LogP) is 14.5. The molecule has 5 heteroatoms. The molecular formula is C57H35N5. The van der Waals surface area contributed by atoms with Crippen LogP contribution in [0.5, 0.6) is 0 Å². The second-order valence-corrected chi connectivity index (χ2v) is 16.0. The van der Waals surface area contributed by atoms with Gasteiger partial charge < -0.3 is 9.13 Å². The number of hydrogen-bond acceptors (Lipinski definition) is 3. The number of fused-ring (bicyclic) bond motifs is 10. The van der Waals surface area contributed by atoms with Crippen LogP contribution < -0.4 is 0 Å². The molecule has 3 heterocycles. The van der Waals surface area contributed by atoms with Crippen LogP contribution in [-0.2, 0) is 0 Å². The van der Waals surface area contributed by atoms with Gasteiger partial charge in [0, 0.05) is 49.3 Å². The maximum atomic E-state index is 5.00. The van der Waals surface area contributed by atoms with Crippen molar-refractivity contribution >= 4 is 75.9 Å². The molecule has 288 valence electrons. The van der Waals surface area contributed by atoms with Gasteiger partial charge in [0.2, 0.25) is 0 Å². The molecule has 0 unspecified atom stereocenters. The van der Waals surface area contributed by atoms with Gasteiger partial charge in [-0.25, -0.2) is 15.0 Å². The summed E-state index contributed by atoms with van der Waals surface area (Å²) in [6.07, 6.45) is 0. The van der Waals surface area contributed by atoms with Crippen molar-refractivity contribution in [3.63, 3.8) is 0 Å². The Morgan fingerprint density at radius 2 is 0.855 bits per heavy atom. The highest BCUT2D eigenvalue weighted by molar-refractivity contribution is 6.22. The van der Waals surface area contributed by atoms with Crippen LogP contribution >= 0.6 is 0 Å². The molecule has 0 aliphatic rings. The van der Waals surface area contributed by atoms with Crippen LogP contribution in [0.1, 0.15) is 0 Å². The highest BCUT2D eigenvalue weighted by atomic mass is 15.0. The van der Waals surface area contributed by atoms with E-state index < -0.39 is 0 Å². The highest BCUT2D eigenvalue weighted by Crippen LogP contribution is 2.41.